The molecule has 7 nitrogen and oxygen atoms in total. The Morgan fingerprint density at radius 2 is 2.05 bits per heavy atom. The van der Waals surface area contributed by atoms with E-state index in [2.05, 4.69) is 14.6 Å². The summed E-state index contributed by atoms with van der Waals surface area (Å²) >= 11 is 0. The molecule has 1 aliphatic rings. The number of sulfonamides is 1. The van der Waals surface area contributed by atoms with Crippen molar-refractivity contribution >= 4 is 15.8 Å². The molecule has 1 aliphatic heterocycles. The van der Waals surface area contributed by atoms with E-state index in [1.54, 1.807) is 7.05 Å². The average molecular weight is 301 g/mol. The van der Waals surface area contributed by atoms with Gasteiger partial charge in [-0.1, -0.05) is 6.42 Å². The molecule has 0 aromatic carbocycles. The summed E-state index contributed by atoms with van der Waals surface area (Å²) in [6, 6.07) is 0.180. The van der Waals surface area contributed by atoms with Crippen LogP contribution in [0.2, 0.25) is 0 Å². The summed E-state index contributed by atoms with van der Waals surface area (Å²) in [6.45, 7) is 4.50. The molecule has 2 heterocycles. The number of piperidine rings is 1. The molecule has 20 heavy (non-hydrogen) atoms. The first-order valence-electron chi connectivity index (χ1n) is 6.92. The first-order valence-corrected chi connectivity index (χ1v) is 8.40. The van der Waals surface area contributed by atoms with Gasteiger partial charge < -0.3 is 10.3 Å². The van der Waals surface area contributed by atoms with Gasteiger partial charge >= 0.3 is 0 Å². The maximum absolute atomic E-state index is 12.3. The summed E-state index contributed by atoms with van der Waals surface area (Å²) in [5.41, 5.74) is 5.62. The van der Waals surface area contributed by atoms with E-state index in [1.165, 1.54) is 30.2 Å². The van der Waals surface area contributed by atoms with Crippen LogP contribution in [-0.4, -0.2) is 48.5 Å². The monoisotopic (exact) mass is 301 g/mol. The van der Waals surface area contributed by atoms with Crippen LogP contribution >= 0.6 is 0 Å². The highest BCUT2D eigenvalue weighted by Gasteiger charge is 2.24. The Labute approximate surface area is 120 Å². The van der Waals surface area contributed by atoms with Gasteiger partial charge in [0.2, 0.25) is 0 Å². The minimum Gasteiger partial charge on any atom is -0.381 e. The highest BCUT2D eigenvalue weighted by Crippen LogP contribution is 2.16. The number of nitrogens with two attached hydrogens (primary N) is 1. The van der Waals surface area contributed by atoms with E-state index >= 15 is 0 Å². The molecular formula is C12H23N5O2S. The number of nitrogens with zero attached hydrogens (tertiary/aromatic N) is 3. The van der Waals surface area contributed by atoms with Crippen LogP contribution in [0.15, 0.2) is 11.4 Å². The van der Waals surface area contributed by atoms with Crippen molar-refractivity contribution in [3.05, 3.63) is 6.33 Å². The van der Waals surface area contributed by atoms with E-state index in [0.29, 0.717) is 6.54 Å². The highest BCUT2D eigenvalue weighted by molar-refractivity contribution is 7.89. The van der Waals surface area contributed by atoms with E-state index in [0.717, 1.165) is 13.1 Å². The Kier molecular flexibility index (Phi) is 4.66. The number of likely N-dealkylation sites (tertiary alicyclic amines) is 1. The number of rotatable bonds is 5. The SMILES string of the molecule is CC(CNS(=O)(=O)c1c(N)ncn1C)N1CCCCC1. The maximum Gasteiger partial charge on any atom is 0.260 e. The molecule has 0 saturated carbocycles. The fourth-order valence-corrected chi connectivity index (χ4v) is 3.90. The largest absolute Gasteiger partial charge is 0.381 e. The quantitative estimate of drug-likeness (QED) is 0.808. The Bertz CT molecular complexity index is 529. The highest BCUT2D eigenvalue weighted by atomic mass is 32.2. The van der Waals surface area contributed by atoms with Crippen LogP contribution in [0.25, 0.3) is 0 Å². The third-order valence-electron chi connectivity index (χ3n) is 3.75. The predicted molar refractivity (Wildman–Crippen MR) is 77.7 cm³/mol. The molecule has 1 unspecified atom stereocenters. The van der Waals surface area contributed by atoms with Gasteiger partial charge in [-0.3, -0.25) is 4.90 Å². The van der Waals surface area contributed by atoms with Gasteiger partial charge in [0.15, 0.2) is 10.8 Å². The standard InChI is InChI=1S/C12H23N5O2S/c1-10(17-6-4-3-5-7-17)8-15-20(18,19)12-11(13)14-9-16(12)2/h9-10,15H,3-8,13H2,1-2H3. The lowest BCUT2D eigenvalue weighted by atomic mass is 10.1. The summed E-state index contributed by atoms with van der Waals surface area (Å²) in [5, 5.41) is 0.0309. The normalized spacial score (nSPS) is 19.1. The molecule has 1 fully saturated rings. The third-order valence-corrected chi connectivity index (χ3v) is 5.30. The van der Waals surface area contributed by atoms with Crippen molar-refractivity contribution in [3.8, 4) is 0 Å². The second-order valence-electron chi connectivity index (χ2n) is 5.34. The Hall–Kier alpha value is -1.12. The second kappa shape index (κ2) is 6.11. The summed E-state index contributed by atoms with van der Waals surface area (Å²) < 4.78 is 28.6. The van der Waals surface area contributed by atoms with Gasteiger partial charge in [-0.15, -0.1) is 0 Å². The smallest absolute Gasteiger partial charge is 0.260 e. The zero-order valence-electron chi connectivity index (χ0n) is 12.0. The number of hydrogen-bond acceptors (Lipinski definition) is 5. The fourth-order valence-electron chi connectivity index (χ4n) is 2.55. The van der Waals surface area contributed by atoms with Crippen LogP contribution in [0.1, 0.15) is 26.2 Å². The van der Waals surface area contributed by atoms with E-state index in [-0.39, 0.29) is 16.9 Å². The fraction of sp³-hybridized carbons (Fsp3) is 0.750. The first kappa shape index (κ1) is 15.3. The number of nitrogens with one attached hydrogen (secondary N) is 1. The molecule has 1 saturated heterocycles. The van der Waals surface area contributed by atoms with Crippen LogP contribution in [0.4, 0.5) is 5.82 Å². The van der Waals surface area contributed by atoms with Crippen molar-refractivity contribution in [1.82, 2.24) is 19.2 Å². The van der Waals surface area contributed by atoms with Gasteiger partial charge in [0.1, 0.15) is 0 Å². The van der Waals surface area contributed by atoms with Gasteiger partial charge in [0, 0.05) is 19.6 Å². The van der Waals surface area contributed by atoms with Crippen LogP contribution in [0.5, 0.6) is 0 Å². The number of nitrogen functional groups attached to an aromatic ring is 1. The van der Waals surface area contributed by atoms with E-state index in [4.69, 9.17) is 5.73 Å². The van der Waals surface area contributed by atoms with Gasteiger partial charge in [0.25, 0.3) is 10.0 Å². The molecule has 8 heteroatoms. The van der Waals surface area contributed by atoms with Gasteiger partial charge in [-0.05, 0) is 32.9 Å². The molecular weight excluding hydrogens is 278 g/mol. The third kappa shape index (κ3) is 3.31. The van der Waals surface area contributed by atoms with Crippen LogP contribution < -0.4 is 10.5 Å². The lowest BCUT2D eigenvalue weighted by Gasteiger charge is -2.32. The molecule has 0 bridgehead atoms. The zero-order chi connectivity index (χ0) is 14.8. The van der Waals surface area contributed by atoms with Crippen LogP contribution in [-0.2, 0) is 17.1 Å². The van der Waals surface area contributed by atoms with Crippen molar-refractivity contribution in [2.75, 3.05) is 25.4 Å². The van der Waals surface area contributed by atoms with E-state index in [9.17, 15) is 8.42 Å². The molecule has 0 amide bonds. The Morgan fingerprint density at radius 1 is 1.40 bits per heavy atom. The zero-order valence-corrected chi connectivity index (χ0v) is 12.9. The topological polar surface area (TPSA) is 93.2 Å². The summed E-state index contributed by atoms with van der Waals surface area (Å²) in [7, 11) is -2.00. The van der Waals surface area contributed by atoms with Gasteiger partial charge in [-0.25, -0.2) is 18.1 Å². The molecule has 1 atom stereocenters. The van der Waals surface area contributed by atoms with Crippen molar-refractivity contribution in [3.63, 3.8) is 0 Å². The van der Waals surface area contributed by atoms with Crippen molar-refractivity contribution in [1.29, 1.82) is 0 Å². The summed E-state index contributed by atoms with van der Waals surface area (Å²) in [6.07, 6.45) is 5.04. The van der Waals surface area contributed by atoms with Crippen molar-refractivity contribution < 1.29 is 8.42 Å². The van der Waals surface area contributed by atoms with Gasteiger partial charge in [0.05, 0.1) is 6.33 Å². The second-order valence-corrected chi connectivity index (χ2v) is 7.03. The van der Waals surface area contributed by atoms with Gasteiger partial charge in [-0.2, -0.15) is 0 Å². The molecule has 2 rings (SSSR count). The molecule has 0 radical (unpaired) electrons. The summed E-state index contributed by atoms with van der Waals surface area (Å²) in [5.74, 6) is 0.0330. The van der Waals surface area contributed by atoms with Crippen LogP contribution in [0.3, 0.4) is 0 Å². The lowest BCUT2D eigenvalue weighted by molar-refractivity contribution is 0.175. The Morgan fingerprint density at radius 3 is 2.60 bits per heavy atom. The number of anilines is 1. The predicted octanol–water partition coefficient (Wildman–Crippen LogP) is 0.155. The van der Waals surface area contributed by atoms with E-state index in [1.807, 2.05) is 6.92 Å². The Balaban J connectivity index is 1.99. The van der Waals surface area contributed by atoms with Crippen molar-refractivity contribution in [2.45, 2.75) is 37.3 Å². The lowest BCUT2D eigenvalue weighted by Crippen LogP contribution is -2.44. The number of aromatic nitrogens is 2. The maximum atomic E-state index is 12.3. The van der Waals surface area contributed by atoms with Crippen LogP contribution in [0, 0.1) is 0 Å². The molecule has 114 valence electrons. The minimum absolute atomic E-state index is 0.0309. The number of aryl methyl sites for hydroxylation is 1. The molecule has 0 spiro atoms. The van der Waals surface area contributed by atoms with Crippen molar-refractivity contribution in [2.24, 2.45) is 7.05 Å². The molecule has 0 aliphatic carbocycles. The number of hydrogen-bond donors (Lipinski definition) is 2. The average Bonchev–Trinajstić information content (AvgIpc) is 2.77. The molecule has 3 N–H and O–H groups in total. The molecule has 1 aromatic heterocycles. The number of imidazole rings is 1. The van der Waals surface area contributed by atoms with E-state index < -0.39 is 10.0 Å². The molecule has 1 aromatic rings. The first-order chi connectivity index (χ1) is 9.42. The summed E-state index contributed by atoms with van der Waals surface area (Å²) in [4.78, 5) is 6.13. The minimum atomic E-state index is -3.61.